The van der Waals surface area contributed by atoms with Crippen molar-refractivity contribution in [1.82, 2.24) is 34.9 Å². The van der Waals surface area contributed by atoms with E-state index in [0.717, 1.165) is 80.8 Å². The highest BCUT2D eigenvalue weighted by atomic mass is 19.1. The van der Waals surface area contributed by atoms with E-state index in [1.54, 1.807) is 6.07 Å². The maximum atomic E-state index is 14.7. The molecule has 41 heavy (non-hydrogen) atoms. The van der Waals surface area contributed by atoms with E-state index in [1.165, 1.54) is 6.07 Å². The lowest BCUT2D eigenvalue weighted by Crippen LogP contribution is -2.20. The first-order valence-electron chi connectivity index (χ1n) is 13.6. The maximum Gasteiger partial charge on any atom is 0.181 e. The number of benzene rings is 2. The van der Waals surface area contributed by atoms with Crippen LogP contribution in [0.4, 0.5) is 10.1 Å². The Morgan fingerprint density at radius 1 is 0.854 bits per heavy atom. The largest absolute Gasteiger partial charge is 0.384 e. The predicted octanol–water partition coefficient (Wildman–Crippen LogP) is 6.01. The minimum Gasteiger partial charge on any atom is -0.384 e. The van der Waals surface area contributed by atoms with E-state index in [9.17, 15) is 4.39 Å². The van der Waals surface area contributed by atoms with Crippen LogP contribution in [-0.2, 0) is 6.54 Å². The number of anilines is 1. The first-order chi connectivity index (χ1) is 19.8. The van der Waals surface area contributed by atoms with Crippen LogP contribution in [0.25, 0.3) is 55.6 Å². The van der Waals surface area contributed by atoms with E-state index in [1.807, 2.05) is 71.0 Å². The minimum atomic E-state index is -0.273. The number of halogens is 1. The van der Waals surface area contributed by atoms with Crippen LogP contribution in [0.5, 0.6) is 0 Å². The van der Waals surface area contributed by atoms with Crippen molar-refractivity contribution in [2.24, 2.45) is 0 Å². The van der Waals surface area contributed by atoms with Crippen molar-refractivity contribution in [3.05, 3.63) is 84.6 Å². The zero-order valence-corrected chi connectivity index (χ0v) is 23.7. The zero-order chi connectivity index (χ0) is 28.5. The van der Waals surface area contributed by atoms with E-state index in [-0.39, 0.29) is 5.82 Å². The number of H-pyrrole nitrogens is 2. The molecule has 0 aliphatic carbocycles. The summed E-state index contributed by atoms with van der Waals surface area (Å²) in [6.45, 7) is 2.40. The lowest BCUT2D eigenvalue weighted by molar-refractivity contribution is 0.402. The molecule has 0 amide bonds. The number of aromatic nitrogens is 5. The fraction of sp³-hybridized carbons (Fsp3) is 0.219. The zero-order valence-electron chi connectivity index (χ0n) is 23.7. The van der Waals surface area contributed by atoms with Crippen molar-refractivity contribution in [1.29, 1.82) is 0 Å². The smallest absolute Gasteiger partial charge is 0.181 e. The van der Waals surface area contributed by atoms with Gasteiger partial charge in [0, 0.05) is 71.3 Å². The second-order valence-corrected chi connectivity index (χ2v) is 10.9. The van der Waals surface area contributed by atoms with E-state index in [2.05, 4.69) is 58.5 Å². The van der Waals surface area contributed by atoms with Gasteiger partial charge in [-0.15, -0.1) is 0 Å². The lowest BCUT2D eigenvalue weighted by atomic mass is 10.0. The molecule has 0 spiro atoms. The molecule has 208 valence electrons. The summed E-state index contributed by atoms with van der Waals surface area (Å²) in [4.78, 5) is 16.8. The molecule has 0 radical (unpaired) electrons. The Labute approximate surface area is 238 Å². The summed E-state index contributed by atoms with van der Waals surface area (Å²) < 4.78 is 14.7. The van der Waals surface area contributed by atoms with Crippen molar-refractivity contribution in [2.45, 2.75) is 6.54 Å². The Morgan fingerprint density at radius 3 is 2.54 bits per heavy atom. The highest BCUT2D eigenvalue weighted by Crippen LogP contribution is 2.36. The maximum absolute atomic E-state index is 14.7. The van der Waals surface area contributed by atoms with Gasteiger partial charge in [-0.25, -0.2) is 9.37 Å². The van der Waals surface area contributed by atoms with Crippen LogP contribution in [0.1, 0.15) is 5.56 Å². The standard InChI is InChI=1S/C32H33FN8/c1-40(2)9-8-35-25-12-21(11-24(33)14-25)26-6-5-7-29-27(26)15-30(37-29)31-28-13-23(18-36-32(28)39-38-31)22-10-20(16-34-17-22)19-41(3)4/h5-7,10-18,35,37H,8-9,19H2,1-4H3,(H,36,38,39). The number of likely N-dealkylation sites (N-methyl/N-ethyl adjacent to an activating group) is 1. The number of rotatable bonds is 9. The Hall–Kier alpha value is -4.60. The second kappa shape index (κ2) is 11.1. The highest BCUT2D eigenvalue weighted by Gasteiger charge is 2.16. The average Bonchev–Trinajstić information content (AvgIpc) is 3.56. The van der Waals surface area contributed by atoms with Gasteiger partial charge in [0.15, 0.2) is 5.65 Å². The van der Waals surface area contributed by atoms with Gasteiger partial charge in [0.2, 0.25) is 0 Å². The molecule has 0 saturated carbocycles. The highest BCUT2D eigenvalue weighted by molar-refractivity contribution is 6.01. The van der Waals surface area contributed by atoms with Gasteiger partial charge in [-0.2, -0.15) is 5.10 Å². The molecule has 0 unspecified atom stereocenters. The van der Waals surface area contributed by atoms with Gasteiger partial charge in [-0.3, -0.25) is 10.1 Å². The molecule has 6 rings (SSSR count). The van der Waals surface area contributed by atoms with Gasteiger partial charge < -0.3 is 20.1 Å². The fourth-order valence-corrected chi connectivity index (χ4v) is 5.17. The molecule has 3 N–H and O–H groups in total. The third-order valence-corrected chi connectivity index (χ3v) is 7.07. The van der Waals surface area contributed by atoms with E-state index < -0.39 is 0 Å². The molecule has 4 aromatic heterocycles. The Balaban J connectivity index is 1.37. The number of pyridine rings is 2. The average molecular weight is 549 g/mol. The van der Waals surface area contributed by atoms with Crippen LogP contribution in [0.2, 0.25) is 0 Å². The molecule has 0 bridgehead atoms. The van der Waals surface area contributed by atoms with Crippen LogP contribution in [0.3, 0.4) is 0 Å². The molecule has 0 saturated heterocycles. The van der Waals surface area contributed by atoms with Gasteiger partial charge in [0.1, 0.15) is 5.82 Å². The first kappa shape index (κ1) is 26.6. The van der Waals surface area contributed by atoms with Crippen LogP contribution in [0, 0.1) is 5.82 Å². The normalized spacial score (nSPS) is 11.8. The summed E-state index contributed by atoms with van der Waals surface area (Å²) >= 11 is 0. The number of hydrogen-bond donors (Lipinski definition) is 3. The molecule has 4 heterocycles. The predicted molar refractivity (Wildman–Crippen MR) is 164 cm³/mol. The Kier molecular flexibility index (Phi) is 7.21. The van der Waals surface area contributed by atoms with Gasteiger partial charge in [0.05, 0.1) is 11.4 Å². The van der Waals surface area contributed by atoms with Gasteiger partial charge in [0.25, 0.3) is 0 Å². The Morgan fingerprint density at radius 2 is 1.71 bits per heavy atom. The SMILES string of the molecule is CN(C)CCNc1cc(F)cc(-c2cccc3[nH]c(-c4[nH]nc5ncc(-c6cncc(CN(C)C)c6)cc45)cc23)c1. The number of nitrogens with zero attached hydrogens (tertiary/aromatic N) is 5. The summed E-state index contributed by atoms with van der Waals surface area (Å²) in [7, 11) is 8.12. The number of nitrogens with one attached hydrogen (secondary N) is 3. The summed E-state index contributed by atoms with van der Waals surface area (Å²) in [6, 6.07) is 17.5. The van der Waals surface area contributed by atoms with Crippen molar-refractivity contribution in [2.75, 3.05) is 46.6 Å². The lowest BCUT2D eigenvalue weighted by Gasteiger charge is -2.13. The molecule has 6 aromatic rings. The molecule has 8 nitrogen and oxygen atoms in total. The van der Waals surface area contributed by atoms with Crippen molar-refractivity contribution < 1.29 is 4.39 Å². The minimum absolute atomic E-state index is 0.273. The van der Waals surface area contributed by atoms with Crippen LogP contribution >= 0.6 is 0 Å². The quantitative estimate of drug-likeness (QED) is 0.205. The van der Waals surface area contributed by atoms with Gasteiger partial charge in [-0.05, 0) is 87.3 Å². The van der Waals surface area contributed by atoms with Crippen LogP contribution < -0.4 is 5.32 Å². The van der Waals surface area contributed by atoms with Crippen molar-refractivity contribution in [3.8, 4) is 33.6 Å². The fourth-order valence-electron chi connectivity index (χ4n) is 5.17. The van der Waals surface area contributed by atoms with Gasteiger partial charge >= 0.3 is 0 Å². The van der Waals surface area contributed by atoms with Crippen molar-refractivity contribution in [3.63, 3.8) is 0 Å². The van der Waals surface area contributed by atoms with Gasteiger partial charge in [-0.1, -0.05) is 12.1 Å². The molecule has 9 heteroatoms. The van der Waals surface area contributed by atoms with Crippen LogP contribution in [-0.4, -0.2) is 76.2 Å². The molecule has 2 aromatic carbocycles. The van der Waals surface area contributed by atoms with Crippen LogP contribution in [0.15, 0.2) is 73.2 Å². The second-order valence-electron chi connectivity index (χ2n) is 10.9. The third-order valence-electron chi connectivity index (χ3n) is 7.07. The molecular formula is C32H33FN8. The van der Waals surface area contributed by atoms with Crippen molar-refractivity contribution >= 4 is 27.6 Å². The monoisotopic (exact) mass is 548 g/mol. The topological polar surface area (TPSA) is 88.8 Å². The number of hydrogen-bond acceptors (Lipinski definition) is 6. The van der Waals surface area contributed by atoms with E-state index in [0.29, 0.717) is 5.65 Å². The summed E-state index contributed by atoms with van der Waals surface area (Å²) in [5, 5.41) is 12.9. The van der Waals surface area contributed by atoms with E-state index >= 15 is 0 Å². The molecule has 0 atom stereocenters. The Bertz CT molecular complexity index is 1840. The summed E-state index contributed by atoms with van der Waals surface area (Å²) in [5.74, 6) is -0.273. The molecule has 0 aliphatic heterocycles. The summed E-state index contributed by atoms with van der Waals surface area (Å²) in [6.07, 6.45) is 5.59. The summed E-state index contributed by atoms with van der Waals surface area (Å²) in [5.41, 5.74) is 8.96. The third kappa shape index (κ3) is 5.68. The number of fused-ring (bicyclic) bond motifs is 2. The molecule has 0 fully saturated rings. The number of aromatic amines is 2. The molecule has 0 aliphatic rings. The first-order valence-corrected chi connectivity index (χ1v) is 13.6. The van der Waals surface area contributed by atoms with E-state index in [4.69, 9.17) is 0 Å². The molecular weight excluding hydrogens is 515 g/mol.